The summed E-state index contributed by atoms with van der Waals surface area (Å²) in [6, 6.07) is 4.04. The lowest BCUT2D eigenvalue weighted by atomic mass is 10.0. The second kappa shape index (κ2) is 4.03. The minimum atomic E-state index is 0.308. The van der Waals surface area contributed by atoms with Crippen molar-refractivity contribution in [2.45, 2.75) is 25.3 Å². The molecule has 16 heavy (non-hydrogen) atoms. The zero-order chi connectivity index (χ0) is 11.0. The SMILES string of the molecule is Clc1ccc2nnc(C3CCCCN3)n2c1. The van der Waals surface area contributed by atoms with Crippen LogP contribution in [-0.2, 0) is 0 Å². The van der Waals surface area contributed by atoms with Gasteiger partial charge in [0, 0.05) is 6.20 Å². The van der Waals surface area contributed by atoms with E-state index in [1.54, 1.807) is 0 Å². The molecule has 1 saturated heterocycles. The number of pyridine rings is 1. The molecule has 84 valence electrons. The van der Waals surface area contributed by atoms with E-state index in [0.717, 1.165) is 24.4 Å². The summed E-state index contributed by atoms with van der Waals surface area (Å²) in [7, 11) is 0. The Balaban J connectivity index is 2.05. The van der Waals surface area contributed by atoms with Crippen molar-refractivity contribution in [2.75, 3.05) is 6.54 Å². The maximum atomic E-state index is 5.99. The maximum Gasteiger partial charge on any atom is 0.160 e. The van der Waals surface area contributed by atoms with Crippen LogP contribution in [0.3, 0.4) is 0 Å². The summed E-state index contributed by atoms with van der Waals surface area (Å²) in [5.41, 5.74) is 0.853. The highest BCUT2D eigenvalue weighted by Crippen LogP contribution is 2.22. The number of rotatable bonds is 1. The second-order valence-electron chi connectivity index (χ2n) is 4.14. The lowest BCUT2D eigenvalue weighted by Gasteiger charge is -2.21. The maximum absolute atomic E-state index is 5.99. The smallest absolute Gasteiger partial charge is 0.160 e. The van der Waals surface area contributed by atoms with Gasteiger partial charge in [0.15, 0.2) is 11.5 Å². The van der Waals surface area contributed by atoms with E-state index < -0.39 is 0 Å². The lowest BCUT2D eigenvalue weighted by molar-refractivity contribution is 0.395. The molecule has 1 aliphatic heterocycles. The third kappa shape index (κ3) is 1.68. The largest absolute Gasteiger partial charge is 0.307 e. The third-order valence-corrected chi connectivity index (χ3v) is 3.24. The summed E-state index contributed by atoms with van der Waals surface area (Å²) < 4.78 is 1.98. The number of piperidine rings is 1. The van der Waals surface area contributed by atoms with Gasteiger partial charge in [0.25, 0.3) is 0 Å². The van der Waals surface area contributed by atoms with Crippen LogP contribution >= 0.6 is 11.6 Å². The molecule has 0 bridgehead atoms. The minimum absolute atomic E-state index is 0.308. The molecule has 2 aromatic rings. The van der Waals surface area contributed by atoms with Crippen molar-refractivity contribution in [3.8, 4) is 0 Å². The van der Waals surface area contributed by atoms with Crippen LogP contribution in [0.25, 0.3) is 5.65 Å². The Hall–Kier alpha value is -1.13. The van der Waals surface area contributed by atoms with Crippen molar-refractivity contribution in [3.63, 3.8) is 0 Å². The summed E-state index contributed by atoms with van der Waals surface area (Å²) >= 11 is 5.99. The van der Waals surface area contributed by atoms with Crippen molar-refractivity contribution >= 4 is 17.2 Å². The monoisotopic (exact) mass is 236 g/mol. The molecular formula is C11H13ClN4. The van der Waals surface area contributed by atoms with Crippen LogP contribution < -0.4 is 5.32 Å². The Morgan fingerprint density at radius 2 is 2.25 bits per heavy atom. The third-order valence-electron chi connectivity index (χ3n) is 3.01. The summed E-state index contributed by atoms with van der Waals surface area (Å²) in [4.78, 5) is 0. The van der Waals surface area contributed by atoms with Crippen molar-refractivity contribution in [1.82, 2.24) is 19.9 Å². The molecule has 1 aliphatic rings. The Labute approximate surface area is 98.6 Å². The molecule has 1 unspecified atom stereocenters. The Bertz CT molecular complexity index is 502. The first-order valence-electron chi connectivity index (χ1n) is 5.58. The molecule has 4 nitrogen and oxygen atoms in total. The average Bonchev–Trinajstić information content (AvgIpc) is 2.73. The molecule has 0 spiro atoms. The second-order valence-corrected chi connectivity index (χ2v) is 4.57. The van der Waals surface area contributed by atoms with E-state index in [0.29, 0.717) is 11.1 Å². The Morgan fingerprint density at radius 3 is 3.06 bits per heavy atom. The van der Waals surface area contributed by atoms with Crippen LogP contribution in [0.2, 0.25) is 5.02 Å². The van der Waals surface area contributed by atoms with Gasteiger partial charge in [-0.3, -0.25) is 4.40 Å². The van der Waals surface area contributed by atoms with Gasteiger partial charge in [-0.2, -0.15) is 0 Å². The van der Waals surface area contributed by atoms with Gasteiger partial charge in [-0.15, -0.1) is 10.2 Å². The molecular weight excluding hydrogens is 224 g/mol. The Kier molecular flexibility index (Phi) is 2.53. The molecule has 3 rings (SSSR count). The van der Waals surface area contributed by atoms with Crippen LogP contribution in [0.4, 0.5) is 0 Å². The van der Waals surface area contributed by atoms with Crippen LogP contribution in [0.1, 0.15) is 31.1 Å². The van der Waals surface area contributed by atoms with Crippen LogP contribution in [0.15, 0.2) is 18.3 Å². The molecule has 3 heterocycles. The number of aromatic nitrogens is 3. The normalized spacial score (nSPS) is 21.4. The van der Waals surface area contributed by atoms with Gasteiger partial charge in [-0.25, -0.2) is 0 Å². The average molecular weight is 237 g/mol. The quantitative estimate of drug-likeness (QED) is 0.826. The van der Waals surface area contributed by atoms with Crippen LogP contribution in [0.5, 0.6) is 0 Å². The molecule has 0 amide bonds. The predicted molar refractivity (Wildman–Crippen MR) is 62.6 cm³/mol. The molecule has 0 aromatic carbocycles. The molecule has 1 atom stereocenters. The van der Waals surface area contributed by atoms with E-state index in [1.807, 2.05) is 22.7 Å². The summed E-state index contributed by atoms with van der Waals surface area (Å²) in [6.45, 7) is 1.06. The molecule has 0 radical (unpaired) electrons. The van der Waals surface area contributed by atoms with Crippen molar-refractivity contribution in [1.29, 1.82) is 0 Å². The van der Waals surface area contributed by atoms with Gasteiger partial charge in [-0.1, -0.05) is 18.0 Å². The van der Waals surface area contributed by atoms with Gasteiger partial charge >= 0.3 is 0 Å². The fourth-order valence-electron chi connectivity index (χ4n) is 2.19. The summed E-state index contributed by atoms with van der Waals surface area (Å²) in [5, 5.41) is 12.6. The standard InChI is InChI=1S/C11H13ClN4/c12-8-4-5-10-14-15-11(16(10)7-8)9-3-1-2-6-13-9/h4-5,7,9,13H,1-3,6H2. The fraction of sp³-hybridized carbons (Fsp3) is 0.455. The summed E-state index contributed by atoms with van der Waals surface area (Å²) in [6.07, 6.45) is 5.48. The van der Waals surface area contributed by atoms with Crippen LogP contribution in [-0.4, -0.2) is 21.1 Å². The first kappa shape index (κ1) is 10.1. The molecule has 2 aromatic heterocycles. The van der Waals surface area contributed by atoms with E-state index in [-0.39, 0.29) is 0 Å². The van der Waals surface area contributed by atoms with Gasteiger partial charge in [0.2, 0.25) is 0 Å². The summed E-state index contributed by atoms with van der Waals surface area (Å²) in [5.74, 6) is 0.970. The van der Waals surface area contributed by atoms with E-state index in [9.17, 15) is 0 Å². The number of halogens is 1. The topological polar surface area (TPSA) is 42.2 Å². The van der Waals surface area contributed by atoms with Gasteiger partial charge in [0.1, 0.15) is 0 Å². The van der Waals surface area contributed by atoms with Crippen LogP contribution in [0, 0.1) is 0 Å². The van der Waals surface area contributed by atoms with E-state index in [1.165, 1.54) is 12.8 Å². The first-order chi connectivity index (χ1) is 7.84. The molecule has 1 N–H and O–H groups in total. The number of nitrogens with one attached hydrogen (secondary N) is 1. The molecule has 0 saturated carbocycles. The number of hydrogen-bond donors (Lipinski definition) is 1. The first-order valence-corrected chi connectivity index (χ1v) is 5.96. The highest BCUT2D eigenvalue weighted by molar-refractivity contribution is 6.30. The molecule has 5 heteroatoms. The molecule has 1 fully saturated rings. The minimum Gasteiger partial charge on any atom is -0.307 e. The zero-order valence-corrected chi connectivity index (χ0v) is 9.61. The lowest BCUT2D eigenvalue weighted by Crippen LogP contribution is -2.28. The van der Waals surface area contributed by atoms with Gasteiger partial charge in [-0.05, 0) is 31.5 Å². The van der Waals surface area contributed by atoms with Crippen molar-refractivity contribution in [2.24, 2.45) is 0 Å². The van der Waals surface area contributed by atoms with Crippen molar-refractivity contribution < 1.29 is 0 Å². The predicted octanol–water partition coefficient (Wildman–Crippen LogP) is 2.20. The highest BCUT2D eigenvalue weighted by Gasteiger charge is 2.19. The number of fused-ring (bicyclic) bond motifs is 1. The van der Waals surface area contributed by atoms with Gasteiger partial charge in [0.05, 0.1) is 11.1 Å². The van der Waals surface area contributed by atoms with E-state index in [4.69, 9.17) is 11.6 Å². The fourth-order valence-corrected chi connectivity index (χ4v) is 2.35. The highest BCUT2D eigenvalue weighted by atomic mass is 35.5. The number of nitrogens with zero attached hydrogens (tertiary/aromatic N) is 3. The molecule has 0 aliphatic carbocycles. The number of hydrogen-bond acceptors (Lipinski definition) is 3. The Morgan fingerprint density at radius 1 is 1.31 bits per heavy atom. The van der Waals surface area contributed by atoms with Crippen molar-refractivity contribution in [3.05, 3.63) is 29.2 Å². The van der Waals surface area contributed by atoms with E-state index >= 15 is 0 Å². The van der Waals surface area contributed by atoms with E-state index in [2.05, 4.69) is 15.5 Å². The zero-order valence-electron chi connectivity index (χ0n) is 8.86. The van der Waals surface area contributed by atoms with Gasteiger partial charge < -0.3 is 5.32 Å².